The van der Waals surface area contributed by atoms with Gasteiger partial charge in [-0.15, -0.1) is 0 Å². The molecule has 41 heavy (non-hydrogen) atoms. The van der Waals surface area contributed by atoms with E-state index in [1.165, 1.54) is 20.8 Å². The first-order valence-corrected chi connectivity index (χ1v) is 14.0. The molecular formula is C30H40O11. The van der Waals surface area contributed by atoms with Crippen LogP contribution in [-0.4, -0.2) is 65.6 Å². The average Bonchev–Trinajstić information content (AvgIpc) is 2.91. The van der Waals surface area contributed by atoms with Gasteiger partial charge < -0.3 is 23.7 Å². The van der Waals surface area contributed by atoms with Gasteiger partial charge in [-0.2, -0.15) is 0 Å². The molecule has 226 valence electrons. The lowest BCUT2D eigenvalue weighted by atomic mass is 9.38. The van der Waals surface area contributed by atoms with Crippen molar-refractivity contribution in [3.05, 3.63) is 12.2 Å². The number of Topliss-reactive ketones (excluding diaryl/α,β-unsaturated/α-hetero) is 1. The van der Waals surface area contributed by atoms with Crippen molar-refractivity contribution in [1.82, 2.24) is 0 Å². The largest absolute Gasteiger partial charge is 0.462 e. The van der Waals surface area contributed by atoms with E-state index in [2.05, 4.69) is 20.4 Å². The summed E-state index contributed by atoms with van der Waals surface area (Å²) < 4.78 is 29.5. The molecule has 0 unspecified atom stereocenters. The molecule has 0 aromatic carbocycles. The molecule has 4 rings (SSSR count). The molecular weight excluding hydrogens is 536 g/mol. The zero-order valence-corrected chi connectivity index (χ0v) is 25.0. The lowest BCUT2D eigenvalue weighted by Gasteiger charge is -2.68. The number of carbonyl (C=O) groups is 6. The second kappa shape index (κ2) is 9.94. The Hall–Kier alpha value is -3.24. The van der Waals surface area contributed by atoms with Crippen LogP contribution in [0.1, 0.15) is 81.1 Å². The van der Waals surface area contributed by atoms with E-state index < -0.39 is 82.4 Å². The minimum atomic E-state index is -1.88. The highest BCUT2D eigenvalue weighted by atomic mass is 16.6. The van der Waals surface area contributed by atoms with Crippen molar-refractivity contribution < 1.29 is 52.5 Å². The standard InChI is InChI=1S/C30H40O11/c1-14-25(36)30-23(39-17(4)33)12-21-27(7,8)11-10-22(38-16(3)32)28(21,9)24(30)20(37-15(2)31)13-29(14,41-19(6)35)26(30)40-18(5)34/h20-24,26H,1,10-13H2,2-9H3/t20-,21+,22-,23-,24+,26+,28+,29-,30-/m1/s1. The van der Waals surface area contributed by atoms with Crippen LogP contribution in [0.25, 0.3) is 0 Å². The highest BCUT2D eigenvalue weighted by molar-refractivity contribution is 6.07. The van der Waals surface area contributed by atoms with E-state index in [1.54, 1.807) is 0 Å². The second-order valence-electron chi connectivity index (χ2n) is 12.9. The molecule has 4 fully saturated rings. The molecule has 11 nitrogen and oxygen atoms in total. The van der Waals surface area contributed by atoms with E-state index in [-0.39, 0.29) is 29.7 Å². The fourth-order valence-electron chi connectivity index (χ4n) is 9.09. The third-order valence-corrected chi connectivity index (χ3v) is 10.1. The van der Waals surface area contributed by atoms with Crippen LogP contribution in [0.4, 0.5) is 0 Å². The van der Waals surface area contributed by atoms with Crippen LogP contribution in [0.3, 0.4) is 0 Å². The first-order valence-electron chi connectivity index (χ1n) is 14.0. The number of ketones is 1. The fourth-order valence-corrected chi connectivity index (χ4v) is 9.09. The molecule has 0 saturated heterocycles. The molecule has 4 aliphatic carbocycles. The molecule has 0 radical (unpaired) electrons. The van der Waals surface area contributed by atoms with E-state index in [0.29, 0.717) is 12.8 Å². The molecule has 11 heteroatoms. The summed E-state index contributed by atoms with van der Waals surface area (Å²) in [6.45, 7) is 16.1. The zero-order chi connectivity index (χ0) is 30.9. The quantitative estimate of drug-likeness (QED) is 0.270. The van der Waals surface area contributed by atoms with Crippen LogP contribution in [0, 0.1) is 28.1 Å². The third kappa shape index (κ3) is 4.37. The molecule has 0 aromatic heterocycles. The highest BCUT2D eigenvalue weighted by Crippen LogP contribution is 2.74. The summed E-state index contributed by atoms with van der Waals surface area (Å²) in [5, 5.41) is 0. The summed E-state index contributed by atoms with van der Waals surface area (Å²) in [4.78, 5) is 77.5. The van der Waals surface area contributed by atoms with E-state index in [1.807, 2.05) is 6.92 Å². The first-order chi connectivity index (χ1) is 18.8. The minimum Gasteiger partial charge on any atom is -0.462 e. The maximum atomic E-state index is 14.7. The van der Waals surface area contributed by atoms with Gasteiger partial charge in [0.1, 0.15) is 23.7 Å². The van der Waals surface area contributed by atoms with Crippen LogP contribution < -0.4 is 0 Å². The lowest BCUT2D eigenvalue weighted by Crippen LogP contribution is -2.76. The number of hydrogen-bond acceptors (Lipinski definition) is 11. The molecule has 0 N–H and O–H groups in total. The predicted molar refractivity (Wildman–Crippen MR) is 141 cm³/mol. The Morgan fingerprint density at radius 3 is 1.83 bits per heavy atom. The van der Waals surface area contributed by atoms with E-state index in [4.69, 9.17) is 23.7 Å². The Balaban J connectivity index is 2.13. The van der Waals surface area contributed by atoms with Crippen LogP contribution in [0.5, 0.6) is 0 Å². The van der Waals surface area contributed by atoms with E-state index >= 15 is 0 Å². The van der Waals surface area contributed by atoms with Gasteiger partial charge in [0.05, 0.1) is 0 Å². The van der Waals surface area contributed by atoms with Crippen molar-refractivity contribution in [2.75, 3.05) is 0 Å². The number of fused-ring (bicyclic) bond motifs is 3. The minimum absolute atomic E-state index is 0.142. The summed E-state index contributed by atoms with van der Waals surface area (Å²) in [6.07, 6.45) is -3.36. The van der Waals surface area contributed by atoms with Crippen molar-refractivity contribution in [3.8, 4) is 0 Å². The Morgan fingerprint density at radius 2 is 1.32 bits per heavy atom. The van der Waals surface area contributed by atoms with Crippen LogP contribution in [0.15, 0.2) is 12.2 Å². The summed E-state index contributed by atoms with van der Waals surface area (Å²) in [6, 6.07) is 0. The molecule has 4 saturated carbocycles. The molecule has 1 spiro atoms. The normalized spacial score (nSPS) is 40.4. The second-order valence-corrected chi connectivity index (χ2v) is 12.9. The molecule has 2 bridgehead atoms. The molecule has 9 atom stereocenters. The maximum Gasteiger partial charge on any atom is 0.303 e. The lowest BCUT2D eigenvalue weighted by molar-refractivity contribution is -0.299. The third-order valence-electron chi connectivity index (χ3n) is 10.1. The topological polar surface area (TPSA) is 149 Å². The summed E-state index contributed by atoms with van der Waals surface area (Å²) in [5.74, 6) is -5.25. The maximum absolute atomic E-state index is 14.7. The van der Waals surface area contributed by atoms with Gasteiger partial charge in [0.2, 0.25) is 0 Å². The number of carbonyl (C=O) groups excluding carboxylic acids is 6. The first kappa shape index (κ1) is 30.7. The van der Waals surface area contributed by atoms with Crippen molar-refractivity contribution in [2.45, 2.75) is 111 Å². The van der Waals surface area contributed by atoms with Gasteiger partial charge in [-0.05, 0) is 30.6 Å². The summed E-state index contributed by atoms with van der Waals surface area (Å²) in [7, 11) is 0. The fraction of sp³-hybridized carbons (Fsp3) is 0.733. The monoisotopic (exact) mass is 576 g/mol. The predicted octanol–water partition coefficient (Wildman–Crippen LogP) is 3.01. The number of ether oxygens (including phenoxy) is 5. The van der Waals surface area contributed by atoms with Gasteiger partial charge in [-0.1, -0.05) is 27.4 Å². The molecule has 0 amide bonds. The van der Waals surface area contributed by atoms with E-state index in [9.17, 15) is 28.8 Å². The van der Waals surface area contributed by atoms with Crippen molar-refractivity contribution in [1.29, 1.82) is 0 Å². The molecule has 4 aliphatic rings. The van der Waals surface area contributed by atoms with Crippen molar-refractivity contribution >= 4 is 35.6 Å². The highest BCUT2D eigenvalue weighted by Gasteiger charge is 2.85. The Bertz CT molecular complexity index is 1220. The Kier molecular flexibility index (Phi) is 7.45. The van der Waals surface area contributed by atoms with Gasteiger partial charge in [-0.25, -0.2) is 0 Å². The summed E-state index contributed by atoms with van der Waals surface area (Å²) in [5.41, 5.74) is -5.30. The van der Waals surface area contributed by atoms with Gasteiger partial charge in [0, 0.05) is 57.9 Å². The molecule has 0 aromatic rings. The smallest absolute Gasteiger partial charge is 0.303 e. The number of esters is 5. The van der Waals surface area contributed by atoms with Gasteiger partial charge in [-0.3, -0.25) is 28.8 Å². The zero-order valence-electron chi connectivity index (χ0n) is 25.0. The van der Waals surface area contributed by atoms with Crippen molar-refractivity contribution in [2.24, 2.45) is 28.1 Å². The average molecular weight is 577 g/mol. The number of rotatable bonds is 5. The SMILES string of the molecule is C=C1C(=O)[C@]23[C@@H](OC(C)=O)[C@@]1(OC(C)=O)C[C@@H](OC(C)=O)[C@H]2[C@]1(C)[C@H](OC(C)=O)CCC(C)(C)[C@@H]1C[C@H]3OC(C)=O. The van der Waals surface area contributed by atoms with Crippen LogP contribution in [-0.2, 0) is 52.5 Å². The van der Waals surface area contributed by atoms with Gasteiger partial charge >= 0.3 is 29.8 Å². The Labute approximate surface area is 239 Å². The van der Waals surface area contributed by atoms with Gasteiger partial charge in [0.15, 0.2) is 17.5 Å². The Morgan fingerprint density at radius 1 is 0.780 bits per heavy atom. The van der Waals surface area contributed by atoms with Gasteiger partial charge in [0.25, 0.3) is 0 Å². The van der Waals surface area contributed by atoms with Crippen LogP contribution >= 0.6 is 0 Å². The molecule has 0 aliphatic heterocycles. The van der Waals surface area contributed by atoms with E-state index in [0.717, 1.165) is 13.8 Å². The van der Waals surface area contributed by atoms with Crippen LogP contribution in [0.2, 0.25) is 0 Å². The molecule has 0 heterocycles. The van der Waals surface area contributed by atoms with Crippen molar-refractivity contribution in [3.63, 3.8) is 0 Å². The number of hydrogen-bond donors (Lipinski definition) is 0. The summed E-state index contributed by atoms with van der Waals surface area (Å²) >= 11 is 0.